The molecule has 19 heavy (non-hydrogen) atoms. The number of benzene rings is 1. The van der Waals surface area contributed by atoms with Crippen LogP contribution < -0.4 is 0 Å². The van der Waals surface area contributed by atoms with Crippen molar-refractivity contribution in [3.63, 3.8) is 0 Å². The Kier molecular flexibility index (Phi) is 3.71. The molecule has 1 aromatic rings. The average Bonchev–Trinajstić information content (AvgIpc) is 3.24. The Morgan fingerprint density at radius 1 is 1.00 bits per heavy atom. The van der Waals surface area contributed by atoms with Crippen LogP contribution in [-0.2, 0) is 10.0 Å². The van der Waals surface area contributed by atoms with Crippen molar-refractivity contribution in [3.8, 4) is 0 Å². The molecule has 5 heteroatoms. The third-order valence-electron chi connectivity index (χ3n) is 4.10. The highest BCUT2D eigenvalue weighted by molar-refractivity contribution is 9.10. The Bertz CT molecular complexity index is 543. The van der Waals surface area contributed by atoms with Gasteiger partial charge in [-0.2, -0.15) is 0 Å². The van der Waals surface area contributed by atoms with Gasteiger partial charge in [0.2, 0.25) is 10.0 Å². The Morgan fingerprint density at radius 2 is 1.58 bits per heavy atom. The number of nitrogens with zero attached hydrogens (tertiary/aromatic N) is 1. The lowest BCUT2D eigenvalue weighted by molar-refractivity contribution is 0.319. The fourth-order valence-corrected chi connectivity index (χ4v) is 4.89. The summed E-state index contributed by atoms with van der Waals surface area (Å²) in [7, 11) is -2.98. The van der Waals surface area contributed by atoms with Gasteiger partial charge in [0.15, 0.2) is 0 Å². The summed E-state index contributed by atoms with van der Waals surface area (Å²) in [6, 6.07) is 8.39. The molecule has 3 nitrogen and oxygen atoms in total. The smallest absolute Gasteiger partial charge is 0.212 e. The van der Waals surface area contributed by atoms with Crippen molar-refractivity contribution >= 4 is 26.0 Å². The minimum Gasteiger partial charge on any atom is -0.212 e. The quantitative estimate of drug-likeness (QED) is 0.845. The molecule has 0 bridgehead atoms. The van der Waals surface area contributed by atoms with Crippen LogP contribution in [0.15, 0.2) is 28.7 Å². The summed E-state index contributed by atoms with van der Waals surface area (Å²) < 4.78 is 27.1. The first-order chi connectivity index (χ1) is 9.07. The van der Waals surface area contributed by atoms with Crippen molar-refractivity contribution in [1.82, 2.24) is 4.31 Å². The van der Waals surface area contributed by atoms with E-state index in [0.717, 1.165) is 30.2 Å². The van der Waals surface area contributed by atoms with E-state index in [1.54, 1.807) is 4.31 Å². The van der Waals surface area contributed by atoms with Crippen LogP contribution in [0.5, 0.6) is 0 Å². The minimum atomic E-state index is -2.98. The molecule has 1 heterocycles. The van der Waals surface area contributed by atoms with Crippen LogP contribution in [0.3, 0.4) is 0 Å². The number of rotatable bonds is 3. The van der Waals surface area contributed by atoms with Crippen molar-refractivity contribution in [3.05, 3.63) is 34.3 Å². The molecule has 0 N–H and O–H groups in total. The first-order valence-electron chi connectivity index (χ1n) is 6.82. The molecule has 2 aliphatic rings. The Morgan fingerprint density at radius 3 is 2.11 bits per heavy atom. The second-order valence-electron chi connectivity index (χ2n) is 5.47. The molecular weight excluding hydrogens is 326 g/mol. The number of sulfonamides is 1. The normalized spacial score (nSPS) is 22.6. The average molecular weight is 344 g/mol. The number of hydrogen-bond donors (Lipinski definition) is 0. The zero-order valence-corrected chi connectivity index (χ0v) is 13.2. The molecule has 1 aliphatic heterocycles. The molecule has 104 valence electrons. The van der Waals surface area contributed by atoms with Crippen LogP contribution in [0.25, 0.3) is 0 Å². The minimum absolute atomic E-state index is 0.0725. The van der Waals surface area contributed by atoms with E-state index in [1.807, 2.05) is 0 Å². The van der Waals surface area contributed by atoms with Gasteiger partial charge in [-0.15, -0.1) is 0 Å². The predicted octanol–water partition coefficient (Wildman–Crippen LogP) is 3.12. The van der Waals surface area contributed by atoms with Gasteiger partial charge in [-0.05, 0) is 49.3 Å². The van der Waals surface area contributed by atoms with E-state index in [2.05, 4.69) is 40.2 Å². The zero-order chi connectivity index (χ0) is 13.5. The highest BCUT2D eigenvalue weighted by atomic mass is 79.9. The fourth-order valence-electron chi connectivity index (χ4n) is 2.76. The topological polar surface area (TPSA) is 37.4 Å². The van der Waals surface area contributed by atoms with Crippen LogP contribution in [-0.4, -0.2) is 31.1 Å². The lowest BCUT2D eigenvalue weighted by atomic mass is 9.90. The summed E-state index contributed by atoms with van der Waals surface area (Å²) in [6.07, 6.45) is 3.59. The van der Waals surface area contributed by atoms with E-state index >= 15 is 0 Å². The third kappa shape index (κ3) is 2.88. The largest absolute Gasteiger partial charge is 0.216 e. The zero-order valence-electron chi connectivity index (χ0n) is 10.8. The van der Waals surface area contributed by atoms with E-state index in [9.17, 15) is 8.42 Å². The summed E-state index contributed by atoms with van der Waals surface area (Å²) in [5, 5.41) is -0.0725. The molecule has 0 aromatic heterocycles. The molecule has 1 aromatic carbocycles. The maximum absolute atomic E-state index is 12.2. The molecule has 3 rings (SSSR count). The highest BCUT2D eigenvalue weighted by Crippen LogP contribution is 2.35. The van der Waals surface area contributed by atoms with E-state index < -0.39 is 10.0 Å². The van der Waals surface area contributed by atoms with Gasteiger partial charge in [0.25, 0.3) is 0 Å². The first-order valence-corrected chi connectivity index (χ1v) is 9.11. The van der Waals surface area contributed by atoms with E-state index in [-0.39, 0.29) is 5.25 Å². The first kappa shape index (κ1) is 13.6. The van der Waals surface area contributed by atoms with Gasteiger partial charge in [-0.25, -0.2) is 12.7 Å². The Labute approximate surface area is 123 Å². The summed E-state index contributed by atoms with van der Waals surface area (Å²) in [4.78, 5) is 0. The van der Waals surface area contributed by atoms with Crippen LogP contribution in [0.2, 0.25) is 0 Å². The van der Waals surface area contributed by atoms with Gasteiger partial charge in [-0.3, -0.25) is 0 Å². The lowest BCUT2D eigenvalue weighted by Crippen LogP contribution is -2.39. The second kappa shape index (κ2) is 5.19. The Hall–Kier alpha value is -0.390. The van der Waals surface area contributed by atoms with Crippen molar-refractivity contribution in [1.29, 1.82) is 0 Å². The van der Waals surface area contributed by atoms with Gasteiger partial charge in [0.1, 0.15) is 0 Å². The van der Waals surface area contributed by atoms with Crippen molar-refractivity contribution in [2.45, 2.75) is 36.9 Å². The Balaban J connectivity index is 1.64. The molecule has 0 spiro atoms. The van der Waals surface area contributed by atoms with E-state index in [1.165, 1.54) is 5.56 Å². The lowest BCUT2D eigenvalue weighted by Gasteiger charge is -2.31. The predicted molar refractivity (Wildman–Crippen MR) is 79.6 cm³/mol. The van der Waals surface area contributed by atoms with Crippen molar-refractivity contribution in [2.24, 2.45) is 0 Å². The fraction of sp³-hybridized carbons (Fsp3) is 0.571. The van der Waals surface area contributed by atoms with Gasteiger partial charge in [0.05, 0.1) is 5.25 Å². The number of piperidine rings is 1. The van der Waals surface area contributed by atoms with Crippen molar-refractivity contribution < 1.29 is 8.42 Å². The molecule has 1 aliphatic carbocycles. The third-order valence-corrected chi connectivity index (χ3v) is 7.03. The van der Waals surface area contributed by atoms with Crippen LogP contribution >= 0.6 is 15.9 Å². The molecule has 0 amide bonds. The number of halogens is 1. The molecule has 0 unspecified atom stereocenters. The van der Waals surface area contributed by atoms with Crippen LogP contribution in [0.1, 0.15) is 37.2 Å². The summed E-state index contributed by atoms with van der Waals surface area (Å²) in [6.45, 7) is 1.36. The van der Waals surface area contributed by atoms with Crippen LogP contribution in [0.4, 0.5) is 0 Å². The molecule has 0 atom stereocenters. The maximum Gasteiger partial charge on any atom is 0.216 e. The van der Waals surface area contributed by atoms with Gasteiger partial charge < -0.3 is 0 Å². The maximum atomic E-state index is 12.2. The van der Waals surface area contributed by atoms with E-state index in [0.29, 0.717) is 19.0 Å². The van der Waals surface area contributed by atoms with Gasteiger partial charge in [0, 0.05) is 17.6 Å². The molecule has 1 saturated heterocycles. The SMILES string of the molecule is O=S(=O)(C1CC1)N1CCC(c2ccc(Br)cc2)CC1. The second-order valence-corrected chi connectivity index (χ2v) is 8.60. The summed E-state index contributed by atoms with van der Waals surface area (Å²) in [5.41, 5.74) is 1.33. The molecule has 2 fully saturated rings. The van der Waals surface area contributed by atoms with Crippen molar-refractivity contribution in [2.75, 3.05) is 13.1 Å². The van der Waals surface area contributed by atoms with Crippen LogP contribution in [0, 0.1) is 0 Å². The highest BCUT2D eigenvalue weighted by Gasteiger charge is 2.41. The van der Waals surface area contributed by atoms with Gasteiger partial charge >= 0.3 is 0 Å². The standard InChI is InChI=1S/C14H18BrNO2S/c15-13-3-1-11(2-4-13)12-7-9-16(10-8-12)19(17,18)14-5-6-14/h1-4,12,14H,5-10H2. The monoisotopic (exact) mass is 343 g/mol. The molecular formula is C14H18BrNO2S. The van der Waals surface area contributed by atoms with E-state index in [4.69, 9.17) is 0 Å². The van der Waals surface area contributed by atoms with Gasteiger partial charge in [-0.1, -0.05) is 28.1 Å². The number of hydrogen-bond acceptors (Lipinski definition) is 2. The summed E-state index contributed by atoms with van der Waals surface area (Å²) >= 11 is 3.44. The molecule has 0 radical (unpaired) electrons. The summed E-state index contributed by atoms with van der Waals surface area (Å²) in [5.74, 6) is 0.499. The molecule has 1 saturated carbocycles.